The van der Waals surface area contributed by atoms with E-state index in [9.17, 15) is 9.59 Å². The fourth-order valence-corrected chi connectivity index (χ4v) is 3.82. The summed E-state index contributed by atoms with van der Waals surface area (Å²) in [6.45, 7) is 3.98. The highest BCUT2D eigenvalue weighted by atomic mass is 32.2. The fourth-order valence-electron chi connectivity index (χ4n) is 3.00. The van der Waals surface area contributed by atoms with Gasteiger partial charge in [0.15, 0.2) is 5.17 Å². The summed E-state index contributed by atoms with van der Waals surface area (Å²) in [5.74, 6) is -0.303. The van der Waals surface area contributed by atoms with Gasteiger partial charge in [-0.05, 0) is 67.1 Å². The summed E-state index contributed by atoms with van der Waals surface area (Å²) in [6.07, 6.45) is 1.71. The number of hydrogen-bond acceptors (Lipinski definition) is 5. The molecule has 0 atom stereocenters. The van der Waals surface area contributed by atoms with Crippen LogP contribution >= 0.6 is 11.8 Å². The number of esters is 1. The van der Waals surface area contributed by atoms with Gasteiger partial charge in [0, 0.05) is 5.56 Å². The summed E-state index contributed by atoms with van der Waals surface area (Å²) in [6, 6.07) is 21.9. The Bertz CT molecular complexity index is 1220. The predicted molar refractivity (Wildman–Crippen MR) is 125 cm³/mol. The number of aliphatic imine (C=N–C) groups is 1. The fraction of sp³-hybridized carbons (Fsp3) is 0.0800. The number of ether oxygens (including phenoxy) is 1. The van der Waals surface area contributed by atoms with Gasteiger partial charge in [0.2, 0.25) is 0 Å². The van der Waals surface area contributed by atoms with E-state index in [0.717, 1.165) is 16.8 Å². The first-order valence-corrected chi connectivity index (χ1v) is 10.5. The van der Waals surface area contributed by atoms with Crippen LogP contribution in [-0.2, 0) is 4.79 Å². The van der Waals surface area contributed by atoms with Crippen LogP contribution in [0.15, 0.2) is 82.7 Å². The smallest absolute Gasteiger partial charge is 0.343 e. The number of amides is 1. The quantitative estimate of drug-likeness (QED) is 0.343. The molecule has 6 heteroatoms. The van der Waals surface area contributed by atoms with Gasteiger partial charge in [-0.1, -0.05) is 48.5 Å². The minimum Gasteiger partial charge on any atom is -0.422 e. The molecule has 0 unspecified atom stereocenters. The van der Waals surface area contributed by atoms with Crippen molar-refractivity contribution in [3.8, 4) is 5.75 Å². The van der Waals surface area contributed by atoms with Gasteiger partial charge < -0.3 is 10.1 Å². The van der Waals surface area contributed by atoms with Gasteiger partial charge in [-0.15, -0.1) is 0 Å². The molecule has 0 spiro atoms. The summed E-state index contributed by atoms with van der Waals surface area (Å²) < 4.78 is 5.57. The molecule has 5 nitrogen and oxygen atoms in total. The first kappa shape index (κ1) is 20.6. The second-order valence-electron chi connectivity index (χ2n) is 7.07. The lowest BCUT2D eigenvalue weighted by molar-refractivity contribution is -0.115. The second-order valence-corrected chi connectivity index (χ2v) is 8.10. The Morgan fingerprint density at radius 1 is 1.00 bits per heavy atom. The normalized spacial score (nSPS) is 15.9. The van der Waals surface area contributed by atoms with Crippen molar-refractivity contribution < 1.29 is 14.3 Å². The highest BCUT2D eigenvalue weighted by Crippen LogP contribution is 2.31. The molecule has 0 bridgehead atoms. The molecule has 0 saturated carbocycles. The molecule has 0 radical (unpaired) electrons. The van der Waals surface area contributed by atoms with Gasteiger partial charge in [0.05, 0.1) is 16.2 Å². The first-order chi connectivity index (χ1) is 15.0. The molecule has 31 heavy (non-hydrogen) atoms. The number of carbonyl (C=O) groups excluding carboxylic acids is 2. The molecular weight excluding hydrogens is 408 g/mol. The second kappa shape index (κ2) is 9.02. The lowest BCUT2D eigenvalue weighted by atomic mass is 10.1. The van der Waals surface area contributed by atoms with Gasteiger partial charge >= 0.3 is 5.97 Å². The SMILES string of the molecule is Cc1ccc(C)c(N=C2NC(=O)C(=Cc3ccccc3OC(=O)c3ccccc3)S2)c1. The van der Waals surface area contributed by atoms with Crippen LogP contribution in [0, 0.1) is 13.8 Å². The van der Waals surface area contributed by atoms with Crippen molar-refractivity contribution in [3.05, 3.63) is 100.0 Å². The van der Waals surface area contributed by atoms with Gasteiger partial charge in [-0.25, -0.2) is 9.79 Å². The van der Waals surface area contributed by atoms with E-state index >= 15 is 0 Å². The Balaban J connectivity index is 1.58. The minimum atomic E-state index is -0.452. The standard InChI is InChI=1S/C25H20N2O3S/c1-16-12-13-17(2)20(14-16)26-25-27-23(28)22(31-25)15-19-10-6-7-11-21(19)30-24(29)18-8-4-3-5-9-18/h3-15H,1-2H3,(H,26,27,28). The number of nitrogens with one attached hydrogen (secondary N) is 1. The lowest BCUT2D eigenvalue weighted by Crippen LogP contribution is -2.19. The van der Waals surface area contributed by atoms with Crippen LogP contribution in [0.25, 0.3) is 6.08 Å². The molecule has 1 heterocycles. The average molecular weight is 429 g/mol. The van der Waals surface area contributed by atoms with Gasteiger partial charge in [-0.2, -0.15) is 0 Å². The largest absolute Gasteiger partial charge is 0.422 e. The Hall–Kier alpha value is -3.64. The van der Waals surface area contributed by atoms with E-state index in [2.05, 4.69) is 10.3 Å². The molecule has 1 aliphatic rings. The third-order valence-electron chi connectivity index (χ3n) is 4.66. The van der Waals surface area contributed by atoms with Crippen LogP contribution in [0.1, 0.15) is 27.0 Å². The molecule has 3 aromatic rings. The minimum absolute atomic E-state index is 0.238. The van der Waals surface area contributed by atoms with Gasteiger partial charge in [-0.3, -0.25) is 4.79 Å². The van der Waals surface area contributed by atoms with Crippen LogP contribution in [0.5, 0.6) is 5.75 Å². The number of amidine groups is 1. The number of nitrogens with zero attached hydrogens (tertiary/aromatic N) is 1. The van der Waals surface area contributed by atoms with E-state index in [1.807, 2.05) is 44.2 Å². The number of hydrogen-bond donors (Lipinski definition) is 1. The summed E-state index contributed by atoms with van der Waals surface area (Å²) in [7, 11) is 0. The van der Waals surface area contributed by atoms with Crippen molar-refractivity contribution in [2.75, 3.05) is 0 Å². The maximum absolute atomic E-state index is 12.5. The summed E-state index contributed by atoms with van der Waals surface area (Å²) in [5, 5.41) is 3.32. The molecule has 4 rings (SSSR count). The lowest BCUT2D eigenvalue weighted by Gasteiger charge is -2.07. The van der Waals surface area contributed by atoms with E-state index in [4.69, 9.17) is 4.74 Å². The van der Waals surface area contributed by atoms with Crippen LogP contribution in [0.4, 0.5) is 5.69 Å². The van der Waals surface area contributed by atoms with E-state index < -0.39 is 5.97 Å². The van der Waals surface area contributed by atoms with Gasteiger partial charge in [0.1, 0.15) is 5.75 Å². The van der Waals surface area contributed by atoms with Gasteiger partial charge in [0.25, 0.3) is 5.91 Å². The van der Waals surface area contributed by atoms with Crippen LogP contribution < -0.4 is 10.1 Å². The monoisotopic (exact) mass is 428 g/mol. The van der Waals surface area contributed by atoms with Crippen molar-refractivity contribution in [2.45, 2.75) is 13.8 Å². The predicted octanol–water partition coefficient (Wildman–Crippen LogP) is 5.41. The molecule has 1 saturated heterocycles. The maximum Gasteiger partial charge on any atom is 0.343 e. The number of thioether (sulfide) groups is 1. The zero-order valence-electron chi connectivity index (χ0n) is 17.1. The van der Waals surface area contributed by atoms with E-state index in [0.29, 0.717) is 26.9 Å². The summed E-state index contributed by atoms with van der Waals surface area (Å²) in [4.78, 5) is 30.0. The first-order valence-electron chi connectivity index (χ1n) is 9.73. The highest BCUT2D eigenvalue weighted by molar-refractivity contribution is 8.18. The van der Waals surface area contributed by atoms with Crippen molar-refractivity contribution in [2.24, 2.45) is 4.99 Å². The van der Waals surface area contributed by atoms with E-state index in [-0.39, 0.29) is 5.91 Å². The molecule has 0 aromatic heterocycles. The molecule has 1 amide bonds. The number of aryl methyl sites for hydroxylation is 2. The maximum atomic E-state index is 12.5. The van der Waals surface area contributed by atoms with Crippen molar-refractivity contribution in [3.63, 3.8) is 0 Å². The van der Waals surface area contributed by atoms with Crippen LogP contribution in [0.2, 0.25) is 0 Å². The van der Waals surface area contributed by atoms with Crippen molar-refractivity contribution >= 4 is 40.6 Å². The zero-order valence-corrected chi connectivity index (χ0v) is 17.9. The molecule has 1 aliphatic heterocycles. The highest BCUT2D eigenvalue weighted by Gasteiger charge is 2.24. The van der Waals surface area contributed by atoms with Crippen molar-refractivity contribution in [1.82, 2.24) is 5.32 Å². The number of rotatable bonds is 4. The summed E-state index contributed by atoms with van der Waals surface area (Å²) in [5.41, 5.74) is 4.05. The van der Waals surface area contributed by atoms with Crippen LogP contribution in [-0.4, -0.2) is 17.0 Å². The molecular formula is C25H20N2O3S. The zero-order chi connectivity index (χ0) is 21.8. The number of benzene rings is 3. The third kappa shape index (κ3) is 4.92. The van der Waals surface area contributed by atoms with E-state index in [1.54, 1.807) is 48.5 Å². The summed E-state index contributed by atoms with van der Waals surface area (Å²) >= 11 is 1.26. The Kier molecular flexibility index (Phi) is 6.00. The molecule has 3 aromatic carbocycles. The average Bonchev–Trinajstić information content (AvgIpc) is 3.11. The Labute approximate surface area is 184 Å². The van der Waals surface area contributed by atoms with Crippen molar-refractivity contribution in [1.29, 1.82) is 0 Å². The van der Waals surface area contributed by atoms with E-state index in [1.165, 1.54) is 11.8 Å². The molecule has 154 valence electrons. The topological polar surface area (TPSA) is 67.8 Å². The van der Waals surface area contributed by atoms with Crippen LogP contribution in [0.3, 0.4) is 0 Å². The Morgan fingerprint density at radius 2 is 1.74 bits per heavy atom. The third-order valence-corrected chi connectivity index (χ3v) is 5.57. The molecule has 0 aliphatic carbocycles. The Morgan fingerprint density at radius 3 is 2.55 bits per heavy atom. The molecule has 1 N–H and O–H groups in total. The number of carbonyl (C=O) groups is 2. The molecule has 1 fully saturated rings. The number of para-hydroxylation sites is 1.